The first-order valence-corrected chi connectivity index (χ1v) is 12.2. The zero-order valence-corrected chi connectivity index (χ0v) is 20.1. The minimum Gasteiger partial charge on any atom is -0.495 e. The van der Waals surface area contributed by atoms with Crippen LogP contribution in [0.5, 0.6) is 17.2 Å². The molecule has 1 aliphatic rings. The van der Waals surface area contributed by atoms with E-state index in [0.29, 0.717) is 17.1 Å². The fraction of sp³-hybridized carbons (Fsp3) is 0.200. The second-order valence-electron chi connectivity index (χ2n) is 7.82. The van der Waals surface area contributed by atoms with Crippen LogP contribution in [0.3, 0.4) is 0 Å². The maximum absolute atomic E-state index is 13.6. The summed E-state index contributed by atoms with van der Waals surface area (Å²) >= 11 is 0. The van der Waals surface area contributed by atoms with E-state index in [9.17, 15) is 13.2 Å². The zero-order valence-electron chi connectivity index (χ0n) is 19.3. The van der Waals surface area contributed by atoms with E-state index in [2.05, 4.69) is 10.5 Å². The highest BCUT2D eigenvalue weighted by molar-refractivity contribution is 7.89. The lowest BCUT2D eigenvalue weighted by atomic mass is 10.2. The molecule has 1 N–H and O–H groups in total. The number of ether oxygens (including phenoxy) is 3. The Labute approximate surface area is 204 Å². The molecule has 3 aromatic carbocycles. The fourth-order valence-corrected chi connectivity index (χ4v) is 5.13. The molecular formula is C25H25N3O6S. The minimum atomic E-state index is -4.08. The van der Waals surface area contributed by atoms with Crippen LogP contribution < -0.4 is 19.6 Å². The van der Waals surface area contributed by atoms with E-state index in [1.807, 2.05) is 18.2 Å². The smallest absolute Gasteiger partial charge is 0.255 e. The van der Waals surface area contributed by atoms with Gasteiger partial charge in [-0.25, -0.2) is 13.8 Å². The second kappa shape index (κ2) is 10.6. The van der Waals surface area contributed by atoms with Gasteiger partial charge in [0, 0.05) is 6.54 Å². The number of hydrogen-bond acceptors (Lipinski definition) is 7. The predicted octanol–water partition coefficient (Wildman–Crippen LogP) is 3.07. The first kappa shape index (κ1) is 24.2. The average molecular weight is 496 g/mol. The van der Waals surface area contributed by atoms with E-state index in [1.54, 1.807) is 49.4 Å². The van der Waals surface area contributed by atoms with Gasteiger partial charge >= 0.3 is 0 Å². The van der Waals surface area contributed by atoms with Crippen LogP contribution in [0.4, 0.5) is 0 Å². The zero-order chi connectivity index (χ0) is 24.8. The number of benzene rings is 3. The lowest BCUT2D eigenvalue weighted by molar-refractivity contribution is -0.121. The van der Waals surface area contributed by atoms with Gasteiger partial charge in [0.2, 0.25) is 16.8 Å². The van der Waals surface area contributed by atoms with Crippen LogP contribution in [0.15, 0.2) is 76.7 Å². The van der Waals surface area contributed by atoms with Crippen molar-refractivity contribution >= 4 is 22.1 Å². The highest BCUT2D eigenvalue weighted by Crippen LogP contribution is 2.32. The van der Waals surface area contributed by atoms with Crippen LogP contribution in [0.2, 0.25) is 0 Å². The monoisotopic (exact) mass is 495 g/mol. The minimum absolute atomic E-state index is 0.000432. The summed E-state index contributed by atoms with van der Waals surface area (Å²) in [5.74, 6) is 0.843. The summed E-state index contributed by atoms with van der Waals surface area (Å²) in [6, 6.07) is 19.2. The van der Waals surface area contributed by atoms with Crippen molar-refractivity contribution in [2.45, 2.75) is 18.4 Å². The number of amides is 1. The van der Waals surface area contributed by atoms with Gasteiger partial charge < -0.3 is 14.2 Å². The summed E-state index contributed by atoms with van der Waals surface area (Å²) < 4.78 is 44.2. The Morgan fingerprint density at radius 3 is 2.63 bits per heavy atom. The van der Waals surface area contributed by atoms with Crippen molar-refractivity contribution in [2.24, 2.45) is 5.10 Å². The summed E-state index contributed by atoms with van der Waals surface area (Å²) in [4.78, 5) is 12.7. The summed E-state index contributed by atoms with van der Waals surface area (Å²) in [6.45, 7) is 1.51. The van der Waals surface area contributed by atoms with Gasteiger partial charge in [0.25, 0.3) is 5.91 Å². The number of hydrogen-bond donors (Lipinski definition) is 1. The van der Waals surface area contributed by atoms with E-state index in [4.69, 9.17) is 14.2 Å². The van der Waals surface area contributed by atoms with Gasteiger partial charge in [-0.05, 0) is 53.9 Å². The lowest BCUT2D eigenvalue weighted by Gasteiger charge is -2.23. The van der Waals surface area contributed by atoms with E-state index in [-0.39, 0.29) is 24.0 Å². The van der Waals surface area contributed by atoms with Crippen LogP contribution in [0.1, 0.15) is 16.7 Å². The molecule has 4 rings (SSSR count). The van der Waals surface area contributed by atoms with E-state index in [0.717, 1.165) is 15.4 Å². The van der Waals surface area contributed by atoms with Gasteiger partial charge in [-0.3, -0.25) is 4.79 Å². The number of sulfonamides is 1. The largest absolute Gasteiger partial charge is 0.495 e. The second-order valence-corrected chi connectivity index (χ2v) is 9.73. The van der Waals surface area contributed by atoms with Crippen molar-refractivity contribution in [3.8, 4) is 17.2 Å². The van der Waals surface area contributed by atoms with Crippen LogP contribution >= 0.6 is 0 Å². The lowest BCUT2D eigenvalue weighted by Crippen LogP contribution is -2.39. The van der Waals surface area contributed by atoms with Crippen molar-refractivity contribution in [2.75, 3.05) is 20.4 Å². The Bertz CT molecular complexity index is 1340. The molecule has 9 nitrogen and oxygen atoms in total. The molecule has 35 heavy (non-hydrogen) atoms. The molecule has 1 heterocycles. The first-order valence-electron chi connectivity index (χ1n) is 10.8. The number of nitrogens with one attached hydrogen (secondary N) is 1. The van der Waals surface area contributed by atoms with Gasteiger partial charge in [-0.2, -0.15) is 9.41 Å². The number of nitrogens with zero attached hydrogens (tertiary/aromatic N) is 2. The molecule has 1 amide bonds. The van der Waals surface area contributed by atoms with Crippen molar-refractivity contribution in [1.29, 1.82) is 0 Å². The number of carbonyl (C=O) groups is 1. The number of rotatable bonds is 9. The molecule has 0 atom stereocenters. The SMILES string of the molecule is COc1ccc(C)cc1S(=O)(=O)N(CC(=O)NN=Cc1ccc2c(c1)OCO2)Cc1ccccc1. The molecule has 0 bridgehead atoms. The molecule has 0 unspecified atom stereocenters. The quantitative estimate of drug-likeness (QED) is 0.361. The van der Waals surface area contributed by atoms with Gasteiger partial charge in [0.1, 0.15) is 10.6 Å². The molecule has 0 saturated carbocycles. The van der Waals surface area contributed by atoms with Gasteiger partial charge in [0.05, 0.1) is 19.9 Å². The maximum atomic E-state index is 13.6. The summed E-state index contributed by atoms with van der Waals surface area (Å²) in [5, 5.41) is 3.96. The van der Waals surface area contributed by atoms with Crippen molar-refractivity contribution < 1.29 is 27.4 Å². The van der Waals surface area contributed by atoms with Crippen molar-refractivity contribution in [1.82, 2.24) is 9.73 Å². The topological polar surface area (TPSA) is 107 Å². The molecule has 10 heteroatoms. The molecule has 0 spiro atoms. The highest BCUT2D eigenvalue weighted by atomic mass is 32.2. The van der Waals surface area contributed by atoms with Gasteiger partial charge in [-0.15, -0.1) is 0 Å². The van der Waals surface area contributed by atoms with Gasteiger partial charge in [-0.1, -0.05) is 36.4 Å². The average Bonchev–Trinajstić information content (AvgIpc) is 3.32. The third-order valence-electron chi connectivity index (χ3n) is 5.26. The first-order chi connectivity index (χ1) is 16.9. The standard InChI is InChI=1S/C25H25N3O6S/c1-18-8-10-22(32-2)24(12-18)35(30,31)28(15-19-6-4-3-5-7-19)16-25(29)27-26-14-20-9-11-21-23(13-20)34-17-33-21/h3-14H,15-17H2,1-2H3,(H,27,29). The van der Waals surface area contributed by atoms with Crippen LogP contribution in [-0.2, 0) is 21.4 Å². The summed E-state index contributed by atoms with van der Waals surface area (Å²) in [6.07, 6.45) is 1.44. The van der Waals surface area contributed by atoms with E-state index >= 15 is 0 Å². The number of aryl methyl sites for hydroxylation is 1. The molecule has 182 valence electrons. The molecule has 0 aromatic heterocycles. The van der Waals surface area contributed by atoms with Crippen LogP contribution in [0, 0.1) is 6.92 Å². The predicted molar refractivity (Wildman–Crippen MR) is 130 cm³/mol. The molecule has 0 radical (unpaired) electrons. The fourth-order valence-electron chi connectivity index (χ4n) is 3.51. The molecule has 0 aliphatic carbocycles. The van der Waals surface area contributed by atoms with Crippen molar-refractivity contribution in [3.63, 3.8) is 0 Å². The van der Waals surface area contributed by atoms with E-state index < -0.39 is 22.5 Å². The molecule has 1 aliphatic heterocycles. The number of hydrazone groups is 1. The molecular weight excluding hydrogens is 470 g/mol. The third kappa shape index (κ3) is 5.79. The number of fused-ring (bicyclic) bond motifs is 1. The van der Waals surface area contributed by atoms with Crippen LogP contribution in [-0.4, -0.2) is 45.3 Å². The maximum Gasteiger partial charge on any atom is 0.255 e. The Balaban J connectivity index is 1.54. The number of carbonyl (C=O) groups excluding carboxylic acids is 1. The molecule has 0 fully saturated rings. The highest BCUT2D eigenvalue weighted by Gasteiger charge is 2.30. The Hall–Kier alpha value is -3.89. The third-order valence-corrected chi connectivity index (χ3v) is 7.07. The Morgan fingerprint density at radius 2 is 1.86 bits per heavy atom. The Morgan fingerprint density at radius 1 is 1.09 bits per heavy atom. The van der Waals surface area contributed by atoms with E-state index in [1.165, 1.54) is 19.4 Å². The van der Waals surface area contributed by atoms with Crippen LogP contribution in [0.25, 0.3) is 0 Å². The molecule has 0 saturated heterocycles. The van der Waals surface area contributed by atoms with Gasteiger partial charge in [0.15, 0.2) is 11.5 Å². The normalized spacial score (nSPS) is 12.8. The molecule has 3 aromatic rings. The van der Waals surface area contributed by atoms with Crippen molar-refractivity contribution in [3.05, 3.63) is 83.4 Å². The summed E-state index contributed by atoms with van der Waals surface area (Å²) in [7, 11) is -2.67. The number of methoxy groups -OCH3 is 1. The Kier molecular flexibility index (Phi) is 7.33. The summed E-state index contributed by atoms with van der Waals surface area (Å²) in [5.41, 5.74) is 4.57.